The molecule has 4 nitrogen and oxygen atoms in total. The molecule has 0 spiro atoms. The summed E-state index contributed by atoms with van der Waals surface area (Å²) in [4.78, 5) is 15.7. The fraction of sp³-hybridized carbons (Fsp3) is 0.0282. The number of fused-ring (bicyclic) bond motifs is 3. The van der Waals surface area contributed by atoms with Crippen LogP contribution < -0.4 is 20.7 Å². The van der Waals surface area contributed by atoms with E-state index in [0.717, 1.165) is 55.7 Å². The smallest absolute Gasteiger partial charge is 0.179 e. The molecule has 13 rings (SSSR count). The van der Waals surface area contributed by atoms with Gasteiger partial charge in [-0.2, -0.15) is 0 Å². The monoisotopic (exact) mass is 988 g/mol. The molecule has 11 aromatic carbocycles. The third-order valence-electron chi connectivity index (χ3n) is 14.9. The molecule has 5 heteroatoms. The number of benzene rings is 11. The molecular weight excluding hydrogens is 937 g/mol. The number of aryl methyl sites for hydroxylation is 2. The van der Waals surface area contributed by atoms with Crippen molar-refractivity contribution in [3.63, 3.8) is 0 Å². The van der Waals surface area contributed by atoms with Crippen LogP contribution in [0.3, 0.4) is 0 Å². The molecule has 0 amide bonds. The quantitative estimate of drug-likeness (QED) is 0.0958. The van der Waals surface area contributed by atoms with Gasteiger partial charge in [-0.1, -0.05) is 272 Å². The zero-order chi connectivity index (χ0) is 51.0. The lowest BCUT2D eigenvalue weighted by molar-refractivity contribution is 1.07. The predicted octanol–water partition coefficient (Wildman–Crippen LogP) is 15.0. The lowest BCUT2D eigenvalue weighted by atomic mass is 10.00. The Balaban J connectivity index is 1.13. The molecule has 0 saturated carbocycles. The lowest BCUT2D eigenvalue weighted by Crippen LogP contribution is -2.74. The van der Waals surface area contributed by atoms with Crippen LogP contribution in [0.25, 0.3) is 95.0 Å². The third-order valence-corrected chi connectivity index (χ3v) is 19.7. The number of aromatic nitrogens is 4. The van der Waals surface area contributed by atoms with Crippen LogP contribution in [-0.4, -0.2) is 27.6 Å². The largest absolute Gasteiger partial charge is 0.309 e. The molecule has 2 heterocycles. The molecule has 0 radical (unpaired) electrons. The second-order valence-electron chi connectivity index (χ2n) is 19.7. The summed E-state index contributed by atoms with van der Waals surface area (Å²) in [5.74, 6) is 1.84. The Morgan fingerprint density at radius 3 is 1.11 bits per heavy atom. The van der Waals surface area contributed by atoms with Crippen molar-refractivity contribution < 1.29 is 0 Å². The Bertz CT molecular complexity index is 3970. The molecule has 0 fully saturated rings. The Hall–Kier alpha value is -9.55. The zero-order valence-corrected chi connectivity index (χ0v) is 43.3. The van der Waals surface area contributed by atoms with Gasteiger partial charge in [0.05, 0.1) is 16.7 Å². The first-order valence-electron chi connectivity index (χ1n) is 26.0. The maximum Gasteiger partial charge on any atom is 0.179 e. The molecule has 0 saturated heterocycles. The SMILES string of the molecule is Cc1cccc(-c2ccc3c4ccc(-c5cccc(C)c5)cc4n(-c4cc(-c5nc(-c6ccccc6)nc(-c6ccccc6)n5)ccc4-c4cccc([Si](c5ccccc5)(c5ccccc5)c5ccccc5)c4)c3c2)c1. The number of nitrogens with zero attached hydrogens (tertiary/aromatic N) is 4. The molecule has 76 heavy (non-hydrogen) atoms. The highest BCUT2D eigenvalue weighted by molar-refractivity contribution is 7.19. The Morgan fingerprint density at radius 1 is 0.276 bits per heavy atom. The second-order valence-corrected chi connectivity index (χ2v) is 23.5. The van der Waals surface area contributed by atoms with Crippen molar-refractivity contribution in [2.45, 2.75) is 13.8 Å². The molecule has 0 aliphatic rings. The van der Waals surface area contributed by atoms with Crippen molar-refractivity contribution in [3.8, 4) is 73.2 Å². The van der Waals surface area contributed by atoms with Crippen LogP contribution >= 0.6 is 0 Å². The summed E-state index contributed by atoms with van der Waals surface area (Å²) < 4.78 is 2.50. The van der Waals surface area contributed by atoms with Gasteiger partial charge in [0.1, 0.15) is 0 Å². The van der Waals surface area contributed by atoms with Crippen molar-refractivity contribution in [1.82, 2.24) is 19.5 Å². The van der Waals surface area contributed by atoms with Crippen LogP contribution in [0.5, 0.6) is 0 Å². The van der Waals surface area contributed by atoms with Gasteiger partial charge in [0.15, 0.2) is 25.5 Å². The van der Waals surface area contributed by atoms with Gasteiger partial charge in [-0.15, -0.1) is 0 Å². The van der Waals surface area contributed by atoms with Crippen LogP contribution in [0, 0.1) is 13.8 Å². The highest BCUT2D eigenvalue weighted by Gasteiger charge is 2.41. The minimum Gasteiger partial charge on any atom is -0.309 e. The van der Waals surface area contributed by atoms with Crippen molar-refractivity contribution in [3.05, 3.63) is 290 Å². The van der Waals surface area contributed by atoms with E-state index >= 15 is 0 Å². The highest BCUT2D eigenvalue weighted by Crippen LogP contribution is 2.41. The van der Waals surface area contributed by atoms with E-state index in [1.807, 2.05) is 36.4 Å². The minimum atomic E-state index is -2.91. The molecule has 0 unspecified atom stereocenters. The first kappa shape index (κ1) is 46.2. The predicted molar refractivity (Wildman–Crippen MR) is 320 cm³/mol. The maximum atomic E-state index is 5.29. The molecule has 0 N–H and O–H groups in total. The van der Waals surface area contributed by atoms with E-state index in [-0.39, 0.29) is 0 Å². The molecule has 2 aromatic heterocycles. The van der Waals surface area contributed by atoms with Crippen LogP contribution in [0.1, 0.15) is 11.1 Å². The Morgan fingerprint density at radius 2 is 0.645 bits per heavy atom. The Kier molecular flexibility index (Phi) is 12.0. The summed E-state index contributed by atoms with van der Waals surface area (Å²) in [6.07, 6.45) is 0. The number of hydrogen-bond donors (Lipinski definition) is 0. The van der Waals surface area contributed by atoms with Gasteiger partial charge in [0, 0.05) is 33.0 Å². The first-order valence-corrected chi connectivity index (χ1v) is 28.0. The van der Waals surface area contributed by atoms with E-state index < -0.39 is 8.07 Å². The highest BCUT2D eigenvalue weighted by atomic mass is 28.3. The van der Waals surface area contributed by atoms with Crippen LogP contribution in [0.4, 0.5) is 0 Å². The van der Waals surface area contributed by atoms with E-state index in [1.165, 1.54) is 53.8 Å². The topological polar surface area (TPSA) is 43.6 Å². The minimum absolute atomic E-state index is 0.597. The number of rotatable bonds is 11. The Labute approximate surface area is 445 Å². The summed E-state index contributed by atoms with van der Waals surface area (Å²) in [5.41, 5.74) is 15.3. The van der Waals surface area contributed by atoms with E-state index in [0.29, 0.717) is 17.5 Å². The fourth-order valence-corrected chi connectivity index (χ4v) is 16.1. The summed E-state index contributed by atoms with van der Waals surface area (Å²) in [6, 6.07) is 102. The van der Waals surface area contributed by atoms with Gasteiger partial charge in [0.2, 0.25) is 0 Å². The van der Waals surface area contributed by atoms with E-state index in [9.17, 15) is 0 Å². The average molecular weight is 989 g/mol. The van der Waals surface area contributed by atoms with E-state index in [4.69, 9.17) is 15.0 Å². The van der Waals surface area contributed by atoms with Gasteiger partial charge in [-0.3, -0.25) is 0 Å². The molecule has 0 aliphatic carbocycles. The van der Waals surface area contributed by atoms with Gasteiger partial charge in [-0.25, -0.2) is 15.0 Å². The van der Waals surface area contributed by atoms with E-state index in [2.05, 4.69) is 261 Å². The third kappa shape index (κ3) is 8.43. The maximum absolute atomic E-state index is 5.29. The van der Waals surface area contributed by atoms with Crippen molar-refractivity contribution in [2.24, 2.45) is 0 Å². The van der Waals surface area contributed by atoms with Crippen molar-refractivity contribution >= 4 is 50.6 Å². The van der Waals surface area contributed by atoms with Gasteiger partial charge in [-0.05, 0) is 80.6 Å². The fourth-order valence-electron chi connectivity index (χ4n) is 11.3. The van der Waals surface area contributed by atoms with Crippen molar-refractivity contribution in [1.29, 1.82) is 0 Å². The molecule has 0 bridgehead atoms. The van der Waals surface area contributed by atoms with Crippen molar-refractivity contribution in [2.75, 3.05) is 0 Å². The summed E-state index contributed by atoms with van der Waals surface area (Å²) in [6.45, 7) is 4.33. The molecule has 13 aromatic rings. The standard InChI is InChI=1S/C71H52N4Si/c1-49-21-18-27-53(43-49)55-37-41-64-65-42-38-56(54-28-19-22-50(2)44-54)47-68(65)75(67(64)46-55)66-48-58(71-73-69(51-23-8-3-9-24-51)72-70(74-71)52-25-10-4-11-26-52)39-40-63(66)57-29-20-36-62(45-57)76(59-30-12-5-13-31-59,60-32-14-6-15-33-60)61-34-16-7-17-35-61/h3-48H,1-2H3. The van der Waals surface area contributed by atoms with Crippen LogP contribution in [0.15, 0.2) is 279 Å². The molecule has 360 valence electrons. The molecule has 0 atom stereocenters. The normalized spacial score (nSPS) is 11.6. The van der Waals surface area contributed by atoms with E-state index in [1.54, 1.807) is 0 Å². The first-order chi connectivity index (χ1) is 37.5. The van der Waals surface area contributed by atoms with Gasteiger partial charge < -0.3 is 4.57 Å². The lowest BCUT2D eigenvalue weighted by Gasteiger charge is -2.34. The molecule has 0 aliphatic heterocycles. The van der Waals surface area contributed by atoms with Gasteiger partial charge in [0.25, 0.3) is 0 Å². The van der Waals surface area contributed by atoms with Gasteiger partial charge >= 0.3 is 0 Å². The summed E-state index contributed by atoms with van der Waals surface area (Å²) >= 11 is 0. The summed E-state index contributed by atoms with van der Waals surface area (Å²) in [5, 5.41) is 7.63. The van der Waals surface area contributed by atoms with Crippen LogP contribution in [0.2, 0.25) is 0 Å². The number of hydrogen-bond acceptors (Lipinski definition) is 3. The average Bonchev–Trinajstić information content (AvgIpc) is 3.95. The second kappa shape index (κ2) is 19.7. The zero-order valence-electron chi connectivity index (χ0n) is 42.3. The summed E-state index contributed by atoms with van der Waals surface area (Å²) in [7, 11) is -2.91. The molecular formula is C71H52N4Si. The van der Waals surface area contributed by atoms with Crippen LogP contribution in [-0.2, 0) is 0 Å².